The van der Waals surface area contributed by atoms with E-state index in [0.29, 0.717) is 24.5 Å². The van der Waals surface area contributed by atoms with Crippen molar-refractivity contribution in [1.82, 2.24) is 9.97 Å². The highest BCUT2D eigenvalue weighted by Gasteiger charge is 2.13. The van der Waals surface area contributed by atoms with Crippen molar-refractivity contribution >= 4 is 18.2 Å². The molecule has 0 spiro atoms. The van der Waals surface area contributed by atoms with Gasteiger partial charge in [0, 0.05) is 17.9 Å². The van der Waals surface area contributed by atoms with Crippen molar-refractivity contribution in [2.75, 3.05) is 13.2 Å². The van der Waals surface area contributed by atoms with E-state index in [1.54, 1.807) is 0 Å². The van der Waals surface area contributed by atoms with E-state index in [4.69, 9.17) is 14.8 Å². The molecule has 15 heavy (non-hydrogen) atoms. The lowest BCUT2D eigenvalue weighted by atomic mass is 9.83. The average molecular weight is 206 g/mol. The minimum Gasteiger partial charge on any atom is -0.423 e. The summed E-state index contributed by atoms with van der Waals surface area (Å²) in [4.78, 5) is 8.14. The molecule has 2 heterocycles. The molecule has 0 aromatic carbocycles. The summed E-state index contributed by atoms with van der Waals surface area (Å²) < 4.78 is 5.17. The highest BCUT2D eigenvalue weighted by molar-refractivity contribution is 6.58. The number of ether oxygens (including phenoxy) is 1. The number of rotatable bonds is 2. The highest BCUT2D eigenvalue weighted by atomic mass is 16.5. The Hall–Kier alpha value is -1.24. The third kappa shape index (κ3) is 2.41. The Bertz CT molecular complexity index is 364. The summed E-state index contributed by atoms with van der Waals surface area (Å²) in [5, 5.41) is 17.7. The minimum atomic E-state index is -1.51. The molecule has 6 heteroatoms. The predicted molar refractivity (Wildman–Crippen MR) is 55.3 cm³/mol. The van der Waals surface area contributed by atoms with Gasteiger partial charge in [-0.1, -0.05) is 6.08 Å². The van der Waals surface area contributed by atoms with Gasteiger partial charge in [-0.25, -0.2) is 9.97 Å². The van der Waals surface area contributed by atoms with Crippen LogP contribution in [0.15, 0.2) is 18.5 Å². The maximum Gasteiger partial charge on any atom is 0.491 e. The third-order valence-electron chi connectivity index (χ3n) is 2.22. The highest BCUT2D eigenvalue weighted by Crippen LogP contribution is 2.16. The Labute approximate surface area is 87.6 Å². The first kappa shape index (κ1) is 10.3. The first-order valence-corrected chi connectivity index (χ1v) is 4.72. The quantitative estimate of drug-likeness (QED) is 0.604. The molecule has 2 N–H and O–H groups in total. The third-order valence-corrected chi connectivity index (χ3v) is 2.22. The van der Waals surface area contributed by atoms with Gasteiger partial charge in [0.25, 0.3) is 0 Å². The molecule has 0 fully saturated rings. The summed E-state index contributed by atoms with van der Waals surface area (Å²) in [5.74, 6) is 0.628. The van der Waals surface area contributed by atoms with Crippen molar-refractivity contribution in [3.63, 3.8) is 0 Å². The molecule has 0 amide bonds. The molecular formula is C9H11BN2O3. The SMILES string of the molecule is OB(O)c1cnc(C2=CCOCC2)nc1. The second kappa shape index (κ2) is 4.52. The largest absolute Gasteiger partial charge is 0.491 e. The molecule has 1 aromatic heterocycles. The van der Waals surface area contributed by atoms with E-state index in [-0.39, 0.29) is 0 Å². The molecule has 0 aliphatic carbocycles. The van der Waals surface area contributed by atoms with E-state index < -0.39 is 7.12 Å². The van der Waals surface area contributed by atoms with Crippen molar-refractivity contribution in [3.05, 3.63) is 24.3 Å². The first-order chi connectivity index (χ1) is 7.27. The van der Waals surface area contributed by atoms with E-state index in [9.17, 15) is 0 Å². The van der Waals surface area contributed by atoms with E-state index in [1.165, 1.54) is 12.4 Å². The molecule has 0 unspecified atom stereocenters. The van der Waals surface area contributed by atoms with Crippen molar-refractivity contribution < 1.29 is 14.8 Å². The summed E-state index contributed by atoms with van der Waals surface area (Å²) in [6.45, 7) is 1.27. The van der Waals surface area contributed by atoms with E-state index >= 15 is 0 Å². The van der Waals surface area contributed by atoms with Crippen LogP contribution in [0.4, 0.5) is 0 Å². The summed E-state index contributed by atoms with van der Waals surface area (Å²) in [5.41, 5.74) is 1.34. The van der Waals surface area contributed by atoms with Gasteiger partial charge in [0.15, 0.2) is 5.82 Å². The number of nitrogens with zero attached hydrogens (tertiary/aromatic N) is 2. The number of hydrogen-bond donors (Lipinski definition) is 2. The van der Waals surface area contributed by atoms with Crippen LogP contribution in [-0.4, -0.2) is 40.3 Å². The van der Waals surface area contributed by atoms with Crippen molar-refractivity contribution in [2.24, 2.45) is 0 Å². The lowest BCUT2D eigenvalue weighted by Crippen LogP contribution is -2.30. The summed E-state index contributed by atoms with van der Waals surface area (Å²) >= 11 is 0. The summed E-state index contributed by atoms with van der Waals surface area (Å²) in [7, 11) is -1.51. The zero-order valence-electron chi connectivity index (χ0n) is 8.13. The van der Waals surface area contributed by atoms with Gasteiger partial charge in [-0.05, 0) is 12.0 Å². The normalized spacial score (nSPS) is 16.0. The van der Waals surface area contributed by atoms with E-state index in [2.05, 4.69) is 9.97 Å². The fourth-order valence-electron chi connectivity index (χ4n) is 1.37. The molecule has 0 saturated heterocycles. The molecule has 5 nitrogen and oxygen atoms in total. The first-order valence-electron chi connectivity index (χ1n) is 4.72. The number of aromatic nitrogens is 2. The smallest absolute Gasteiger partial charge is 0.423 e. The Morgan fingerprint density at radius 2 is 2.00 bits per heavy atom. The topological polar surface area (TPSA) is 75.5 Å². The Balaban J connectivity index is 2.19. The van der Waals surface area contributed by atoms with Crippen LogP contribution in [0.3, 0.4) is 0 Å². The Kier molecular flexibility index (Phi) is 3.10. The van der Waals surface area contributed by atoms with Crippen LogP contribution >= 0.6 is 0 Å². The van der Waals surface area contributed by atoms with Gasteiger partial charge in [-0.3, -0.25) is 0 Å². The molecule has 0 radical (unpaired) electrons. The zero-order chi connectivity index (χ0) is 10.7. The van der Waals surface area contributed by atoms with E-state index in [1.807, 2.05) is 6.08 Å². The molecule has 0 bridgehead atoms. The zero-order valence-corrected chi connectivity index (χ0v) is 8.13. The van der Waals surface area contributed by atoms with Crippen LogP contribution in [0.5, 0.6) is 0 Å². The molecule has 78 valence electrons. The van der Waals surface area contributed by atoms with Crippen molar-refractivity contribution in [2.45, 2.75) is 6.42 Å². The molecule has 1 aromatic rings. The van der Waals surface area contributed by atoms with Crippen molar-refractivity contribution in [1.29, 1.82) is 0 Å². The van der Waals surface area contributed by atoms with Gasteiger partial charge < -0.3 is 14.8 Å². The maximum atomic E-state index is 8.87. The van der Waals surface area contributed by atoms with Crippen LogP contribution in [0.25, 0.3) is 5.57 Å². The lowest BCUT2D eigenvalue weighted by Gasteiger charge is -2.12. The average Bonchev–Trinajstić information content (AvgIpc) is 2.30. The van der Waals surface area contributed by atoms with Gasteiger partial charge in [0.1, 0.15) is 0 Å². The summed E-state index contributed by atoms with van der Waals surface area (Å²) in [6, 6.07) is 0. The predicted octanol–water partition coefficient (Wildman–Crippen LogP) is -1.04. The maximum absolute atomic E-state index is 8.87. The minimum absolute atomic E-state index is 0.298. The standard InChI is InChI=1S/C9H11BN2O3/c13-10(14)8-5-11-9(12-6-8)7-1-3-15-4-2-7/h1,5-6,13-14H,2-4H2. The molecule has 1 aliphatic heterocycles. The van der Waals surface area contributed by atoms with Crippen molar-refractivity contribution in [3.8, 4) is 0 Å². The molecule has 0 atom stereocenters. The van der Waals surface area contributed by atoms with Gasteiger partial charge in [0.05, 0.1) is 13.2 Å². The Morgan fingerprint density at radius 1 is 1.27 bits per heavy atom. The van der Waals surface area contributed by atoms with Gasteiger partial charge >= 0.3 is 7.12 Å². The van der Waals surface area contributed by atoms with Gasteiger partial charge in [-0.15, -0.1) is 0 Å². The monoisotopic (exact) mass is 206 g/mol. The van der Waals surface area contributed by atoms with Crippen LogP contribution in [0, 0.1) is 0 Å². The van der Waals surface area contributed by atoms with Crippen LogP contribution in [-0.2, 0) is 4.74 Å². The van der Waals surface area contributed by atoms with Crippen LogP contribution < -0.4 is 5.46 Å². The molecule has 0 saturated carbocycles. The molecule has 1 aliphatic rings. The van der Waals surface area contributed by atoms with Gasteiger partial charge in [0.2, 0.25) is 0 Å². The molecule has 2 rings (SSSR count). The van der Waals surface area contributed by atoms with E-state index in [0.717, 1.165) is 12.0 Å². The Morgan fingerprint density at radius 3 is 2.53 bits per heavy atom. The van der Waals surface area contributed by atoms with Crippen LogP contribution in [0.1, 0.15) is 12.2 Å². The second-order valence-corrected chi connectivity index (χ2v) is 3.27. The molecular weight excluding hydrogens is 195 g/mol. The second-order valence-electron chi connectivity index (χ2n) is 3.27. The fraction of sp³-hybridized carbons (Fsp3) is 0.333. The van der Waals surface area contributed by atoms with Crippen LogP contribution in [0.2, 0.25) is 0 Å². The van der Waals surface area contributed by atoms with Gasteiger partial charge in [-0.2, -0.15) is 0 Å². The fourth-order valence-corrected chi connectivity index (χ4v) is 1.37. The lowest BCUT2D eigenvalue weighted by molar-refractivity contribution is 0.161. The summed E-state index contributed by atoms with van der Waals surface area (Å²) in [6.07, 6.45) is 5.57. The number of hydrogen-bond acceptors (Lipinski definition) is 5.